The Hall–Kier alpha value is -3.30. The molecule has 3 aliphatic rings. The van der Waals surface area contributed by atoms with Gasteiger partial charge in [0.05, 0.1) is 24.6 Å². The number of imidazole rings is 1. The first-order valence-corrected chi connectivity index (χ1v) is 9.67. The van der Waals surface area contributed by atoms with Crippen LogP contribution < -0.4 is 10.6 Å². The summed E-state index contributed by atoms with van der Waals surface area (Å²) < 4.78 is 6.17. The lowest BCUT2D eigenvalue weighted by Gasteiger charge is -2.61. The third kappa shape index (κ3) is 3.34. The topological polar surface area (TPSA) is 127 Å². The van der Waals surface area contributed by atoms with Gasteiger partial charge in [0.15, 0.2) is 11.3 Å². The lowest BCUT2D eigenvalue weighted by atomic mass is 9.43. The van der Waals surface area contributed by atoms with Crippen LogP contribution >= 0.6 is 0 Å². The number of hydrogen-bond acceptors (Lipinski definition) is 7. The maximum atomic E-state index is 12.2. The second kappa shape index (κ2) is 6.64. The fourth-order valence-corrected chi connectivity index (χ4v) is 4.32. The molecule has 3 aromatic heterocycles. The van der Waals surface area contributed by atoms with E-state index in [1.807, 2.05) is 6.07 Å². The Kier molecular flexibility index (Phi) is 4.07. The lowest BCUT2D eigenvalue weighted by Crippen LogP contribution is -2.53. The van der Waals surface area contributed by atoms with Crippen molar-refractivity contribution in [2.75, 3.05) is 0 Å². The number of aromatic nitrogens is 5. The number of aryl methyl sites for hydroxylation is 1. The second-order valence-corrected chi connectivity index (χ2v) is 8.21. The summed E-state index contributed by atoms with van der Waals surface area (Å²) in [6.45, 7) is 2.30. The molecular formula is C19H21N7O3. The van der Waals surface area contributed by atoms with Gasteiger partial charge in [-0.15, -0.1) is 0 Å². The SMILES string of the molecule is Cc1nonc1C(=O)NCc1cn2ncc(CNC(=O)CC34CC(C3)C4)cc2n1. The summed E-state index contributed by atoms with van der Waals surface area (Å²) >= 11 is 0. The fraction of sp³-hybridized carbons (Fsp3) is 0.474. The van der Waals surface area contributed by atoms with E-state index in [4.69, 9.17) is 0 Å². The first-order valence-electron chi connectivity index (χ1n) is 9.67. The van der Waals surface area contributed by atoms with Crippen LogP contribution in [0, 0.1) is 18.3 Å². The van der Waals surface area contributed by atoms with E-state index >= 15 is 0 Å². The number of carbonyl (C=O) groups excluding carboxylic acids is 2. The zero-order chi connectivity index (χ0) is 20.0. The van der Waals surface area contributed by atoms with Crippen molar-refractivity contribution in [2.24, 2.45) is 11.3 Å². The molecule has 3 saturated carbocycles. The second-order valence-electron chi connectivity index (χ2n) is 8.21. The molecule has 0 atom stereocenters. The Morgan fingerprint density at radius 2 is 2.07 bits per heavy atom. The van der Waals surface area contributed by atoms with Crippen LogP contribution in [-0.2, 0) is 17.9 Å². The molecule has 0 radical (unpaired) electrons. The first kappa shape index (κ1) is 17.8. The molecular weight excluding hydrogens is 374 g/mol. The van der Waals surface area contributed by atoms with Gasteiger partial charge in [-0.2, -0.15) is 5.10 Å². The van der Waals surface area contributed by atoms with Gasteiger partial charge in [-0.05, 0) is 54.3 Å². The predicted molar refractivity (Wildman–Crippen MR) is 99.4 cm³/mol. The molecule has 2 N–H and O–H groups in total. The van der Waals surface area contributed by atoms with E-state index in [2.05, 4.69) is 35.7 Å². The maximum absolute atomic E-state index is 12.2. The van der Waals surface area contributed by atoms with E-state index in [1.54, 1.807) is 23.8 Å². The van der Waals surface area contributed by atoms with Crippen LogP contribution in [0.1, 0.15) is 53.1 Å². The Morgan fingerprint density at radius 3 is 2.76 bits per heavy atom. The molecule has 2 amide bonds. The summed E-state index contributed by atoms with van der Waals surface area (Å²) in [4.78, 5) is 28.7. The van der Waals surface area contributed by atoms with E-state index in [-0.39, 0.29) is 24.1 Å². The van der Waals surface area contributed by atoms with Crippen LogP contribution in [0.5, 0.6) is 0 Å². The van der Waals surface area contributed by atoms with Gasteiger partial charge in [-0.25, -0.2) is 14.1 Å². The number of rotatable bonds is 7. The summed E-state index contributed by atoms with van der Waals surface area (Å²) in [5.41, 5.74) is 3.09. The minimum atomic E-state index is -0.374. The monoisotopic (exact) mass is 395 g/mol. The molecule has 29 heavy (non-hydrogen) atoms. The number of hydrogen-bond donors (Lipinski definition) is 2. The van der Waals surface area contributed by atoms with Gasteiger partial charge in [0.25, 0.3) is 5.91 Å². The van der Waals surface area contributed by atoms with Gasteiger partial charge in [0.2, 0.25) is 5.91 Å². The molecule has 6 rings (SSSR count). The molecule has 0 unspecified atom stereocenters. The van der Waals surface area contributed by atoms with Crippen LogP contribution in [0.3, 0.4) is 0 Å². The highest BCUT2D eigenvalue weighted by Crippen LogP contribution is 2.66. The normalized spacial score (nSPS) is 22.0. The van der Waals surface area contributed by atoms with Gasteiger partial charge in [-0.3, -0.25) is 9.59 Å². The Balaban J connectivity index is 1.18. The quantitative estimate of drug-likeness (QED) is 0.614. The van der Waals surface area contributed by atoms with Gasteiger partial charge >= 0.3 is 0 Å². The standard InChI is InChI=1S/C19H21N7O3/c1-11-17(25-29-24-11)18(28)21-9-14-10-26-15(23-14)2-12(8-22-26)7-20-16(27)6-19-3-13(4-19)5-19/h2,8,10,13H,3-7,9H2,1H3,(H,20,27)(H,21,28). The zero-order valence-electron chi connectivity index (χ0n) is 16.0. The minimum Gasteiger partial charge on any atom is -0.352 e. The maximum Gasteiger partial charge on any atom is 0.275 e. The van der Waals surface area contributed by atoms with Crippen LogP contribution in [0.25, 0.3) is 5.65 Å². The number of amides is 2. The molecule has 0 aromatic carbocycles. The van der Waals surface area contributed by atoms with Crippen molar-refractivity contribution in [1.29, 1.82) is 0 Å². The summed E-state index contributed by atoms with van der Waals surface area (Å²) in [5.74, 6) is 0.610. The predicted octanol–water partition coefficient (Wildman–Crippen LogP) is 1.16. The largest absolute Gasteiger partial charge is 0.352 e. The van der Waals surface area contributed by atoms with Crippen molar-refractivity contribution in [2.45, 2.75) is 45.7 Å². The molecule has 3 heterocycles. The highest BCUT2D eigenvalue weighted by molar-refractivity contribution is 5.92. The van der Waals surface area contributed by atoms with E-state index in [9.17, 15) is 9.59 Å². The number of nitrogens with one attached hydrogen (secondary N) is 2. The summed E-state index contributed by atoms with van der Waals surface area (Å²) in [5, 5.41) is 17.2. The van der Waals surface area contributed by atoms with Gasteiger partial charge < -0.3 is 10.6 Å². The minimum absolute atomic E-state index is 0.104. The van der Waals surface area contributed by atoms with Crippen molar-refractivity contribution in [1.82, 2.24) is 35.5 Å². The van der Waals surface area contributed by atoms with Gasteiger partial charge in [0, 0.05) is 13.0 Å². The molecule has 10 heteroatoms. The molecule has 3 fully saturated rings. The van der Waals surface area contributed by atoms with E-state index in [1.165, 1.54) is 19.3 Å². The van der Waals surface area contributed by atoms with Crippen molar-refractivity contribution < 1.29 is 14.2 Å². The summed E-state index contributed by atoms with van der Waals surface area (Å²) in [6, 6.07) is 1.88. The van der Waals surface area contributed by atoms with Crippen LogP contribution in [0.15, 0.2) is 23.1 Å². The highest BCUT2D eigenvalue weighted by atomic mass is 16.6. The Morgan fingerprint density at radius 1 is 1.24 bits per heavy atom. The summed E-state index contributed by atoms with van der Waals surface area (Å²) in [6.07, 6.45) is 7.74. The van der Waals surface area contributed by atoms with Gasteiger partial charge in [-0.1, -0.05) is 5.16 Å². The number of nitrogens with zero attached hydrogens (tertiary/aromatic N) is 5. The van der Waals surface area contributed by atoms with Crippen molar-refractivity contribution in [3.63, 3.8) is 0 Å². The van der Waals surface area contributed by atoms with Crippen molar-refractivity contribution in [3.05, 3.63) is 41.1 Å². The van der Waals surface area contributed by atoms with Crippen LogP contribution in [0.4, 0.5) is 0 Å². The molecule has 10 nitrogen and oxygen atoms in total. The third-order valence-corrected chi connectivity index (χ3v) is 5.91. The fourth-order valence-electron chi connectivity index (χ4n) is 4.32. The van der Waals surface area contributed by atoms with Crippen LogP contribution in [-0.4, -0.2) is 36.7 Å². The molecule has 2 bridgehead atoms. The molecule has 3 aliphatic carbocycles. The molecule has 0 spiro atoms. The first-order chi connectivity index (χ1) is 14.0. The average Bonchev–Trinajstić information content (AvgIpc) is 3.25. The van der Waals surface area contributed by atoms with Crippen molar-refractivity contribution >= 4 is 17.5 Å². The van der Waals surface area contributed by atoms with Gasteiger partial charge in [0.1, 0.15) is 5.69 Å². The number of fused-ring (bicyclic) bond motifs is 1. The van der Waals surface area contributed by atoms with E-state index in [0.717, 1.165) is 11.5 Å². The van der Waals surface area contributed by atoms with E-state index in [0.29, 0.717) is 35.4 Å². The average molecular weight is 395 g/mol. The molecule has 0 saturated heterocycles. The summed E-state index contributed by atoms with van der Waals surface area (Å²) in [7, 11) is 0. The highest BCUT2D eigenvalue weighted by Gasteiger charge is 2.56. The smallest absolute Gasteiger partial charge is 0.275 e. The molecule has 150 valence electrons. The Bertz CT molecular complexity index is 1090. The van der Waals surface area contributed by atoms with Crippen molar-refractivity contribution in [3.8, 4) is 0 Å². The molecule has 0 aliphatic heterocycles. The number of carbonyl (C=O) groups is 2. The zero-order valence-corrected chi connectivity index (χ0v) is 16.0. The third-order valence-electron chi connectivity index (χ3n) is 5.91. The van der Waals surface area contributed by atoms with E-state index < -0.39 is 0 Å². The van der Waals surface area contributed by atoms with Crippen LogP contribution in [0.2, 0.25) is 0 Å². The Labute approximate surface area is 166 Å². The molecule has 3 aromatic rings. The lowest BCUT2D eigenvalue weighted by molar-refractivity contribution is -0.144.